The summed E-state index contributed by atoms with van der Waals surface area (Å²) >= 11 is 7.79. The van der Waals surface area contributed by atoms with Crippen molar-refractivity contribution in [3.63, 3.8) is 0 Å². The van der Waals surface area contributed by atoms with Crippen LogP contribution < -0.4 is 4.72 Å². The molecule has 1 heterocycles. The first kappa shape index (κ1) is 15.0. The Hall–Kier alpha value is -1.37. The summed E-state index contributed by atoms with van der Waals surface area (Å²) in [7, 11) is -3.87. The Morgan fingerprint density at radius 1 is 1.35 bits per heavy atom. The normalized spacial score (nSPS) is 10.8. The quantitative estimate of drug-likeness (QED) is 0.775. The highest BCUT2D eigenvalue weighted by molar-refractivity contribution is 14.1. The summed E-state index contributed by atoms with van der Waals surface area (Å²) < 4.78 is 27.6. The fourth-order valence-corrected chi connectivity index (χ4v) is 3.84. The van der Waals surface area contributed by atoms with Crippen LogP contribution in [0.15, 0.2) is 41.4 Å². The predicted octanol–water partition coefficient (Wildman–Crippen LogP) is 3.01. The molecule has 0 radical (unpaired) electrons. The molecule has 2 rings (SSSR count). The van der Waals surface area contributed by atoms with E-state index in [1.807, 2.05) is 22.6 Å². The van der Waals surface area contributed by atoms with Crippen LogP contribution in [0.3, 0.4) is 0 Å². The van der Waals surface area contributed by atoms with Crippen molar-refractivity contribution in [3.05, 3.63) is 50.8 Å². The minimum absolute atomic E-state index is 0.149. The molecule has 0 bridgehead atoms. The Morgan fingerprint density at radius 2 is 2.10 bits per heavy atom. The van der Waals surface area contributed by atoms with Crippen molar-refractivity contribution < 1.29 is 8.42 Å². The largest absolute Gasteiger partial charge is 0.278 e. The number of halogens is 2. The summed E-state index contributed by atoms with van der Waals surface area (Å²) in [4.78, 5) is 3.58. The lowest BCUT2D eigenvalue weighted by Gasteiger charge is -2.10. The molecule has 1 aromatic carbocycles. The van der Waals surface area contributed by atoms with Gasteiger partial charge < -0.3 is 0 Å². The number of hydrogen-bond acceptors (Lipinski definition) is 4. The third-order valence-electron chi connectivity index (χ3n) is 2.34. The van der Waals surface area contributed by atoms with Gasteiger partial charge in [-0.1, -0.05) is 11.6 Å². The first-order chi connectivity index (χ1) is 9.44. The van der Waals surface area contributed by atoms with E-state index < -0.39 is 10.0 Å². The van der Waals surface area contributed by atoms with E-state index in [2.05, 4.69) is 9.71 Å². The van der Waals surface area contributed by atoms with E-state index >= 15 is 0 Å². The lowest BCUT2D eigenvalue weighted by molar-refractivity contribution is 0.600. The molecule has 20 heavy (non-hydrogen) atoms. The Labute approximate surface area is 134 Å². The third-order valence-corrected chi connectivity index (χ3v) is 4.87. The summed E-state index contributed by atoms with van der Waals surface area (Å²) in [6.45, 7) is 0. The zero-order chi connectivity index (χ0) is 14.8. The molecular weight excluding hydrogens is 413 g/mol. The van der Waals surface area contributed by atoms with Crippen LogP contribution in [-0.4, -0.2) is 13.4 Å². The van der Waals surface area contributed by atoms with E-state index in [9.17, 15) is 8.42 Å². The predicted molar refractivity (Wildman–Crippen MR) is 83.9 cm³/mol. The molecule has 0 fully saturated rings. The van der Waals surface area contributed by atoms with Crippen molar-refractivity contribution in [2.24, 2.45) is 0 Å². The number of anilines is 1. The van der Waals surface area contributed by atoms with Crippen LogP contribution in [0.1, 0.15) is 5.69 Å². The molecule has 0 aliphatic carbocycles. The van der Waals surface area contributed by atoms with Crippen molar-refractivity contribution in [1.82, 2.24) is 4.98 Å². The van der Waals surface area contributed by atoms with Crippen LogP contribution in [0.25, 0.3) is 0 Å². The van der Waals surface area contributed by atoms with Crippen LogP contribution in [0.2, 0.25) is 5.02 Å². The molecule has 2 aromatic rings. The average Bonchev–Trinajstić information content (AvgIpc) is 2.42. The van der Waals surface area contributed by atoms with Crippen LogP contribution >= 0.6 is 34.2 Å². The van der Waals surface area contributed by atoms with E-state index in [0.717, 1.165) is 0 Å². The van der Waals surface area contributed by atoms with E-state index in [1.165, 1.54) is 18.3 Å². The highest BCUT2D eigenvalue weighted by Crippen LogP contribution is 2.25. The summed E-state index contributed by atoms with van der Waals surface area (Å²) in [6, 6.07) is 9.32. The van der Waals surface area contributed by atoms with Crippen molar-refractivity contribution >= 4 is 49.9 Å². The lowest BCUT2D eigenvalue weighted by Crippen LogP contribution is -2.15. The van der Waals surface area contributed by atoms with Gasteiger partial charge in [-0.25, -0.2) is 13.4 Å². The molecule has 1 N–H and O–H groups in total. The zero-order valence-corrected chi connectivity index (χ0v) is 13.6. The number of pyridine rings is 1. The molecule has 8 heteroatoms. The van der Waals surface area contributed by atoms with Gasteiger partial charge in [-0.05, 0) is 52.9 Å². The second-order valence-electron chi connectivity index (χ2n) is 3.69. The molecule has 1 aromatic heterocycles. The number of nitrogens with one attached hydrogen (secondary N) is 1. The molecule has 102 valence electrons. The molecule has 0 atom stereocenters. The number of nitrogens with zero attached hydrogens (tertiary/aromatic N) is 2. The number of benzene rings is 1. The van der Waals surface area contributed by atoms with Crippen LogP contribution in [0.5, 0.6) is 0 Å². The molecule has 0 aliphatic heterocycles. The summed E-state index contributed by atoms with van der Waals surface area (Å²) in [5.74, 6) is 0. The monoisotopic (exact) mass is 419 g/mol. The Bertz CT molecular complexity index is 803. The smallest absolute Gasteiger partial charge is 0.264 e. The van der Waals surface area contributed by atoms with Crippen LogP contribution in [-0.2, 0) is 10.0 Å². The molecule has 0 aliphatic rings. The summed E-state index contributed by atoms with van der Waals surface area (Å²) in [6.07, 6.45) is 1.36. The minimum Gasteiger partial charge on any atom is -0.278 e. The Balaban J connectivity index is 2.44. The highest BCUT2D eigenvalue weighted by atomic mass is 127. The molecule has 0 amide bonds. The maximum absolute atomic E-state index is 12.3. The zero-order valence-electron chi connectivity index (χ0n) is 9.84. The first-order valence-electron chi connectivity index (χ1n) is 5.27. The Kier molecular flexibility index (Phi) is 4.47. The van der Waals surface area contributed by atoms with Gasteiger partial charge in [0.1, 0.15) is 11.0 Å². The topological polar surface area (TPSA) is 82.8 Å². The fraction of sp³-hybridized carbons (Fsp3) is 0. The van der Waals surface area contributed by atoms with Crippen LogP contribution in [0.4, 0.5) is 5.69 Å². The number of nitriles is 1. The SMILES string of the molecule is N#Cc1ncccc1S(=O)(=O)Nc1ccc(Cl)cc1I. The first-order valence-corrected chi connectivity index (χ1v) is 8.21. The van der Waals surface area contributed by atoms with Gasteiger partial charge in [0.2, 0.25) is 0 Å². The number of aromatic nitrogens is 1. The molecular formula is C12H7ClIN3O2S. The van der Waals surface area contributed by atoms with Gasteiger partial charge >= 0.3 is 0 Å². The van der Waals surface area contributed by atoms with E-state index in [1.54, 1.807) is 24.3 Å². The van der Waals surface area contributed by atoms with Gasteiger partial charge in [0.05, 0.1) is 5.69 Å². The maximum Gasteiger partial charge on any atom is 0.264 e. The second kappa shape index (κ2) is 5.95. The molecule has 5 nitrogen and oxygen atoms in total. The number of hydrogen-bond donors (Lipinski definition) is 1. The minimum atomic E-state index is -3.87. The molecule has 0 saturated carbocycles. The number of rotatable bonds is 3. The molecule has 0 spiro atoms. The maximum atomic E-state index is 12.3. The van der Waals surface area contributed by atoms with E-state index in [0.29, 0.717) is 14.3 Å². The van der Waals surface area contributed by atoms with Crippen molar-refractivity contribution in [3.8, 4) is 6.07 Å². The Morgan fingerprint density at radius 3 is 2.75 bits per heavy atom. The van der Waals surface area contributed by atoms with Crippen molar-refractivity contribution in [1.29, 1.82) is 5.26 Å². The van der Waals surface area contributed by atoms with Gasteiger partial charge in [0.15, 0.2) is 5.69 Å². The standard InChI is InChI=1S/C12H7ClIN3O2S/c13-8-3-4-10(9(14)6-8)17-20(18,19)12-2-1-5-16-11(12)7-15/h1-6,17H. The van der Waals surface area contributed by atoms with Crippen molar-refractivity contribution in [2.75, 3.05) is 4.72 Å². The van der Waals surface area contributed by atoms with Gasteiger partial charge in [-0.15, -0.1) is 0 Å². The average molecular weight is 420 g/mol. The third kappa shape index (κ3) is 3.20. The number of sulfonamides is 1. The van der Waals surface area contributed by atoms with Gasteiger partial charge in [0.25, 0.3) is 10.0 Å². The molecule has 0 unspecified atom stereocenters. The second-order valence-corrected chi connectivity index (χ2v) is 6.94. The van der Waals surface area contributed by atoms with Gasteiger partial charge in [-0.3, -0.25) is 4.72 Å². The lowest BCUT2D eigenvalue weighted by atomic mass is 10.3. The van der Waals surface area contributed by atoms with Gasteiger partial charge in [0, 0.05) is 14.8 Å². The molecule has 0 saturated heterocycles. The van der Waals surface area contributed by atoms with Crippen LogP contribution in [0, 0.1) is 14.9 Å². The van der Waals surface area contributed by atoms with E-state index in [-0.39, 0.29) is 10.6 Å². The van der Waals surface area contributed by atoms with Gasteiger partial charge in [-0.2, -0.15) is 5.26 Å². The van der Waals surface area contributed by atoms with Crippen molar-refractivity contribution in [2.45, 2.75) is 4.90 Å². The summed E-state index contributed by atoms with van der Waals surface area (Å²) in [5.41, 5.74) is 0.242. The van der Waals surface area contributed by atoms with E-state index in [4.69, 9.17) is 16.9 Å². The fourth-order valence-electron chi connectivity index (χ4n) is 1.46. The highest BCUT2D eigenvalue weighted by Gasteiger charge is 2.20. The summed E-state index contributed by atoms with van der Waals surface area (Å²) in [5, 5.41) is 9.43.